The fraction of sp³-hybridized carbons (Fsp3) is 0.667. The molecule has 152 valence electrons. The summed E-state index contributed by atoms with van der Waals surface area (Å²) in [6, 6.07) is 6.46. The minimum Gasteiger partial charge on any atom is -0.496 e. The molecule has 1 aromatic carbocycles. The van der Waals surface area contributed by atoms with Crippen molar-refractivity contribution in [3.63, 3.8) is 0 Å². The first-order valence-corrected chi connectivity index (χ1v) is 11.2. The number of nitrogens with one attached hydrogen (secondary N) is 2. The summed E-state index contributed by atoms with van der Waals surface area (Å²) in [6.07, 6.45) is 6.50. The molecule has 1 aliphatic rings. The highest BCUT2D eigenvalue weighted by Crippen LogP contribution is 2.40. The summed E-state index contributed by atoms with van der Waals surface area (Å²) in [5.74, 6) is 3.05. The van der Waals surface area contributed by atoms with Gasteiger partial charge in [0.2, 0.25) is 0 Å². The van der Waals surface area contributed by atoms with Crippen LogP contribution >= 0.6 is 11.8 Å². The van der Waals surface area contributed by atoms with Crippen molar-refractivity contribution in [2.24, 2.45) is 4.99 Å². The SMILES string of the molecule is CN=C(NCCCCSC)NCC1(c2cc(C)ccc2OC)CCOCC1. The Labute approximate surface area is 168 Å². The van der Waals surface area contributed by atoms with E-state index in [0.717, 1.165) is 57.3 Å². The van der Waals surface area contributed by atoms with Crippen molar-refractivity contribution in [2.45, 2.75) is 38.0 Å². The monoisotopic (exact) mass is 393 g/mol. The van der Waals surface area contributed by atoms with Crippen LogP contribution in [0.25, 0.3) is 0 Å². The molecule has 1 aliphatic heterocycles. The van der Waals surface area contributed by atoms with Crippen molar-refractivity contribution in [1.29, 1.82) is 0 Å². The molecule has 1 aromatic rings. The first kappa shape index (κ1) is 21.9. The molecule has 0 spiro atoms. The maximum Gasteiger partial charge on any atom is 0.191 e. The van der Waals surface area contributed by atoms with Gasteiger partial charge in [0.25, 0.3) is 0 Å². The van der Waals surface area contributed by atoms with E-state index in [1.165, 1.54) is 23.3 Å². The third-order valence-electron chi connectivity index (χ3n) is 5.26. The average molecular weight is 394 g/mol. The van der Waals surface area contributed by atoms with Gasteiger partial charge in [-0.1, -0.05) is 17.7 Å². The molecule has 2 N–H and O–H groups in total. The molecule has 1 fully saturated rings. The van der Waals surface area contributed by atoms with Crippen LogP contribution in [0, 0.1) is 6.92 Å². The van der Waals surface area contributed by atoms with Crippen LogP contribution < -0.4 is 15.4 Å². The number of hydrogen-bond donors (Lipinski definition) is 2. The topological polar surface area (TPSA) is 54.9 Å². The van der Waals surface area contributed by atoms with Crippen molar-refractivity contribution < 1.29 is 9.47 Å². The third-order valence-corrected chi connectivity index (χ3v) is 5.96. The number of methoxy groups -OCH3 is 1. The van der Waals surface area contributed by atoms with E-state index in [-0.39, 0.29) is 5.41 Å². The summed E-state index contributed by atoms with van der Waals surface area (Å²) in [7, 11) is 3.59. The van der Waals surface area contributed by atoms with E-state index in [2.05, 4.69) is 47.0 Å². The molecular weight excluding hydrogens is 358 g/mol. The molecule has 0 aliphatic carbocycles. The Morgan fingerprint density at radius 1 is 1.26 bits per heavy atom. The van der Waals surface area contributed by atoms with Crippen LogP contribution in [0.3, 0.4) is 0 Å². The number of nitrogens with zero attached hydrogens (tertiary/aromatic N) is 1. The lowest BCUT2D eigenvalue weighted by atomic mass is 9.73. The molecule has 0 amide bonds. The van der Waals surface area contributed by atoms with E-state index >= 15 is 0 Å². The number of rotatable bonds is 9. The molecule has 6 heteroatoms. The van der Waals surface area contributed by atoms with Crippen LogP contribution in [0.15, 0.2) is 23.2 Å². The third kappa shape index (κ3) is 6.32. The summed E-state index contributed by atoms with van der Waals surface area (Å²) in [4.78, 5) is 4.40. The zero-order chi connectivity index (χ0) is 19.5. The van der Waals surface area contributed by atoms with Crippen molar-refractivity contribution in [2.75, 3.05) is 52.5 Å². The molecular formula is C21H35N3O2S. The quantitative estimate of drug-likeness (QED) is 0.383. The molecule has 0 atom stereocenters. The van der Waals surface area contributed by atoms with E-state index in [1.807, 2.05) is 18.8 Å². The standard InChI is InChI=1S/C21H35N3O2S/c1-17-7-8-19(25-3)18(15-17)21(9-12-26-13-10-21)16-24-20(22-2)23-11-5-6-14-27-4/h7-8,15H,5-6,9-14,16H2,1-4H3,(H2,22,23,24). The molecule has 5 nitrogen and oxygen atoms in total. The maximum absolute atomic E-state index is 5.70. The highest BCUT2D eigenvalue weighted by Gasteiger charge is 2.37. The lowest BCUT2D eigenvalue weighted by Gasteiger charge is -2.39. The minimum absolute atomic E-state index is 0.00785. The summed E-state index contributed by atoms with van der Waals surface area (Å²) in [5.41, 5.74) is 2.52. The number of aliphatic imine (C=N–C) groups is 1. The summed E-state index contributed by atoms with van der Waals surface area (Å²) in [6.45, 7) is 5.46. The second-order valence-corrected chi connectivity index (χ2v) is 8.13. The molecule has 1 heterocycles. The lowest BCUT2D eigenvalue weighted by Crippen LogP contribution is -2.48. The normalized spacial score (nSPS) is 16.8. The zero-order valence-electron chi connectivity index (χ0n) is 17.3. The van der Waals surface area contributed by atoms with Gasteiger partial charge in [-0.15, -0.1) is 0 Å². The van der Waals surface area contributed by atoms with E-state index in [4.69, 9.17) is 9.47 Å². The molecule has 0 unspecified atom stereocenters. The molecule has 0 bridgehead atoms. The van der Waals surface area contributed by atoms with Crippen LogP contribution in [0.1, 0.15) is 36.8 Å². The van der Waals surface area contributed by atoms with Gasteiger partial charge in [0.05, 0.1) is 7.11 Å². The summed E-state index contributed by atoms with van der Waals surface area (Å²) < 4.78 is 11.4. The van der Waals surface area contributed by atoms with Gasteiger partial charge in [-0.25, -0.2) is 0 Å². The Morgan fingerprint density at radius 3 is 2.70 bits per heavy atom. The highest BCUT2D eigenvalue weighted by molar-refractivity contribution is 7.98. The number of guanidine groups is 1. The fourth-order valence-electron chi connectivity index (χ4n) is 3.59. The number of hydrogen-bond acceptors (Lipinski definition) is 4. The van der Waals surface area contributed by atoms with Crippen LogP contribution in [0.4, 0.5) is 0 Å². The number of thioether (sulfide) groups is 1. The van der Waals surface area contributed by atoms with Crippen molar-refractivity contribution >= 4 is 17.7 Å². The molecule has 1 saturated heterocycles. The van der Waals surface area contributed by atoms with E-state index < -0.39 is 0 Å². The number of unbranched alkanes of at least 4 members (excludes halogenated alkanes) is 1. The van der Waals surface area contributed by atoms with Gasteiger partial charge >= 0.3 is 0 Å². The Balaban J connectivity index is 2.07. The Kier molecular flexibility index (Phi) is 9.28. The Bertz CT molecular complexity index is 601. The van der Waals surface area contributed by atoms with Crippen molar-refractivity contribution in [1.82, 2.24) is 10.6 Å². The van der Waals surface area contributed by atoms with Gasteiger partial charge in [0.1, 0.15) is 5.75 Å². The van der Waals surface area contributed by atoms with Crippen LogP contribution in [-0.4, -0.2) is 58.4 Å². The highest BCUT2D eigenvalue weighted by atomic mass is 32.2. The largest absolute Gasteiger partial charge is 0.496 e. The zero-order valence-corrected chi connectivity index (χ0v) is 18.1. The first-order chi connectivity index (χ1) is 13.1. The van der Waals surface area contributed by atoms with Gasteiger partial charge in [-0.3, -0.25) is 4.99 Å². The van der Waals surface area contributed by atoms with Gasteiger partial charge in [0, 0.05) is 44.3 Å². The van der Waals surface area contributed by atoms with E-state index in [1.54, 1.807) is 7.11 Å². The summed E-state index contributed by atoms with van der Waals surface area (Å²) in [5, 5.41) is 7.01. The Hall–Kier alpha value is -1.40. The number of benzene rings is 1. The maximum atomic E-state index is 5.70. The second kappa shape index (κ2) is 11.4. The van der Waals surface area contributed by atoms with Crippen LogP contribution in [0.5, 0.6) is 5.75 Å². The predicted octanol–water partition coefficient (Wildman–Crippen LogP) is 3.36. The fourth-order valence-corrected chi connectivity index (χ4v) is 4.08. The Morgan fingerprint density at radius 2 is 2.04 bits per heavy atom. The van der Waals surface area contributed by atoms with Crippen LogP contribution in [-0.2, 0) is 10.2 Å². The molecule has 27 heavy (non-hydrogen) atoms. The van der Waals surface area contributed by atoms with Crippen LogP contribution in [0.2, 0.25) is 0 Å². The molecule has 0 radical (unpaired) electrons. The second-order valence-electron chi connectivity index (χ2n) is 7.15. The average Bonchev–Trinajstić information content (AvgIpc) is 2.70. The number of aryl methyl sites for hydroxylation is 1. The molecule has 0 saturated carbocycles. The van der Waals surface area contributed by atoms with Gasteiger partial charge < -0.3 is 20.1 Å². The van der Waals surface area contributed by atoms with Crippen molar-refractivity contribution in [3.05, 3.63) is 29.3 Å². The summed E-state index contributed by atoms with van der Waals surface area (Å²) >= 11 is 1.90. The molecule has 0 aromatic heterocycles. The van der Waals surface area contributed by atoms with Gasteiger partial charge in [-0.2, -0.15) is 11.8 Å². The predicted molar refractivity (Wildman–Crippen MR) is 116 cm³/mol. The van der Waals surface area contributed by atoms with Crippen molar-refractivity contribution in [3.8, 4) is 5.75 Å². The minimum atomic E-state index is -0.00785. The number of ether oxygens (including phenoxy) is 2. The first-order valence-electron chi connectivity index (χ1n) is 9.81. The van der Waals surface area contributed by atoms with E-state index in [9.17, 15) is 0 Å². The van der Waals surface area contributed by atoms with E-state index in [0.29, 0.717) is 0 Å². The van der Waals surface area contributed by atoms with Gasteiger partial charge in [0.15, 0.2) is 5.96 Å². The molecule has 2 rings (SSSR count). The van der Waals surface area contributed by atoms with Gasteiger partial charge in [-0.05, 0) is 50.7 Å². The smallest absolute Gasteiger partial charge is 0.191 e. The lowest BCUT2D eigenvalue weighted by molar-refractivity contribution is 0.0505.